The van der Waals surface area contributed by atoms with Crippen LogP contribution >= 0.6 is 12.4 Å². The Morgan fingerprint density at radius 1 is 1.07 bits per heavy atom. The van der Waals surface area contributed by atoms with Crippen LogP contribution in [0.3, 0.4) is 0 Å². The number of halogens is 4. The lowest BCUT2D eigenvalue weighted by molar-refractivity contribution is -0.131. The third-order valence-corrected chi connectivity index (χ3v) is 3.54. The molecule has 0 fully saturated rings. The second-order valence-corrected chi connectivity index (χ2v) is 4.60. The predicted octanol–water partition coefficient (Wildman–Crippen LogP) is 2.65. The first-order valence-electron chi connectivity index (χ1n) is 4.29. The van der Waals surface area contributed by atoms with Crippen molar-refractivity contribution in [3.8, 4) is 0 Å². The second kappa shape index (κ2) is 8.52. The Morgan fingerprint density at radius 2 is 1.50 bits per heavy atom. The highest BCUT2D eigenvalue weighted by atomic mass is 35.5. The van der Waals surface area contributed by atoms with Crippen molar-refractivity contribution in [2.75, 3.05) is 13.2 Å². The average molecular weight is 253 g/mol. The lowest BCUT2D eigenvalue weighted by Crippen LogP contribution is -2.25. The van der Waals surface area contributed by atoms with Crippen LogP contribution in [-0.4, -0.2) is 28.7 Å². The smallest absolute Gasteiger partial charge is 0.389 e. The average Bonchev–Trinajstić information content (AvgIpc) is 2.00. The SMILES string of the molecule is CCO[SiH](CCC(F)(F)F)OCC.Cl. The molecule has 0 heterocycles. The van der Waals surface area contributed by atoms with E-state index in [9.17, 15) is 13.2 Å². The molecule has 0 spiro atoms. The lowest BCUT2D eigenvalue weighted by atomic mass is 10.5. The molecule has 0 saturated carbocycles. The fourth-order valence-electron chi connectivity index (χ4n) is 0.868. The van der Waals surface area contributed by atoms with E-state index in [1.807, 2.05) is 0 Å². The molecule has 0 aromatic carbocycles. The molecular formula is C7H16ClF3O2Si. The standard InChI is InChI=1S/C7H15F3O2Si.ClH/c1-3-11-13(12-4-2)6-5-7(8,9)10;/h13H,3-6H2,1-2H3;1H. The Kier molecular flexibility index (Phi) is 10.1. The molecule has 7 heteroatoms. The van der Waals surface area contributed by atoms with Gasteiger partial charge in [-0.3, -0.25) is 0 Å². The molecule has 0 unspecified atom stereocenters. The van der Waals surface area contributed by atoms with Crippen molar-refractivity contribution >= 4 is 21.7 Å². The van der Waals surface area contributed by atoms with Crippen LogP contribution in [0.15, 0.2) is 0 Å². The van der Waals surface area contributed by atoms with Gasteiger partial charge in [0, 0.05) is 19.6 Å². The minimum absolute atomic E-state index is 0. The van der Waals surface area contributed by atoms with Crippen LogP contribution in [0.1, 0.15) is 20.3 Å². The Morgan fingerprint density at radius 3 is 1.79 bits per heavy atom. The molecule has 0 aromatic rings. The number of hydrogen-bond donors (Lipinski definition) is 0. The maximum Gasteiger partial charge on any atom is 0.389 e. The first-order chi connectivity index (χ1) is 5.99. The molecular weight excluding hydrogens is 237 g/mol. The van der Waals surface area contributed by atoms with Crippen LogP contribution in [0, 0.1) is 0 Å². The van der Waals surface area contributed by atoms with Gasteiger partial charge in [0.1, 0.15) is 0 Å². The van der Waals surface area contributed by atoms with E-state index in [1.54, 1.807) is 13.8 Å². The fraction of sp³-hybridized carbons (Fsp3) is 1.00. The summed E-state index contributed by atoms with van der Waals surface area (Å²) in [6.07, 6.45) is -4.90. The van der Waals surface area contributed by atoms with Gasteiger partial charge in [0.05, 0.1) is 0 Å². The zero-order valence-electron chi connectivity index (χ0n) is 8.26. The summed E-state index contributed by atoms with van der Waals surface area (Å²) in [6.45, 7) is 4.36. The molecule has 2 nitrogen and oxygen atoms in total. The molecule has 0 atom stereocenters. The second-order valence-electron chi connectivity index (χ2n) is 2.49. The van der Waals surface area contributed by atoms with E-state index in [2.05, 4.69) is 0 Å². The van der Waals surface area contributed by atoms with Gasteiger partial charge in [0.2, 0.25) is 0 Å². The van der Waals surface area contributed by atoms with Gasteiger partial charge in [-0.2, -0.15) is 13.2 Å². The molecule has 0 aliphatic carbocycles. The van der Waals surface area contributed by atoms with E-state index in [0.29, 0.717) is 13.2 Å². The summed E-state index contributed by atoms with van der Waals surface area (Å²) in [5, 5.41) is 0. The molecule has 0 aliphatic heterocycles. The van der Waals surface area contributed by atoms with Gasteiger partial charge in [-0.15, -0.1) is 12.4 Å². The van der Waals surface area contributed by atoms with E-state index >= 15 is 0 Å². The van der Waals surface area contributed by atoms with Crippen molar-refractivity contribution in [2.45, 2.75) is 32.5 Å². The van der Waals surface area contributed by atoms with Crippen molar-refractivity contribution in [2.24, 2.45) is 0 Å². The van der Waals surface area contributed by atoms with E-state index in [-0.39, 0.29) is 18.5 Å². The number of rotatable bonds is 6. The monoisotopic (exact) mass is 252 g/mol. The van der Waals surface area contributed by atoms with Crippen LogP contribution in [0.4, 0.5) is 13.2 Å². The van der Waals surface area contributed by atoms with Crippen molar-refractivity contribution in [3.63, 3.8) is 0 Å². The van der Waals surface area contributed by atoms with Gasteiger partial charge < -0.3 is 8.85 Å². The van der Waals surface area contributed by atoms with Crippen molar-refractivity contribution < 1.29 is 22.0 Å². The molecule has 0 saturated heterocycles. The van der Waals surface area contributed by atoms with Crippen LogP contribution < -0.4 is 0 Å². The van der Waals surface area contributed by atoms with Gasteiger partial charge in [0.25, 0.3) is 0 Å². The molecule has 0 radical (unpaired) electrons. The molecule has 0 aromatic heterocycles. The largest absolute Gasteiger partial charge is 0.397 e. The number of hydrogen-bond acceptors (Lipinski definition) is 2. The van der Waals surface area contributed by atoms with Crippen LogP contribution in [0.5, 0.6) is 0 Å². The molecule has 88 valence electrons. The Balaban J connectivity index is 0. The van der Waals surface area contributed by atoms with Crippen molar-refractivity contribution in [1.29, 1.82) is 0 Å². The van der Waals surface area contributed by atoms with Crippen molar-refractivity contribution in [1.82, 2.24) is 0 Å². The minimum atomic E-state index is -4.10. The minimum Gasteiger partial charge on any atom is -0.397 e. The van der Waals surface area contributed by atoms with E-state index < -0.39 is 21.9 Å². The maximum atomic E-state index is 11.8. The summed E-state index contributed by atoms with van der Waals surface area (Å²) in [6, 6.07) is 0.00514. The van der Waals surface area contributed by atoms with Gasteiger partial charge in [-0.05, 0) is 19.9 Å². The van der Waals surface area contributed by atoms with Gasteiger partial charge in [0.15, 0.2) is 0 Å². The Bertz CT molecular complexity index is 129. The predicted molar refractivity (Wildman–Crippen MR) is 53.1 cm³/mol. The zero-order chi connectivity index (χ0) is 10.3. The topological polar surface area (TPSA) is 18.5 Å². The summed E-state index contributed by atoms with van der Waals surface area (Å²) in [5.41, 5.74) is 0. The summed E-state index contributed by atoms with van der Waals surface area (Å²) >= 11 is 0. The van der Waals surface area contributed by atoms with Gasteiger partial charge in [-0.1, -0.05) is 0 Å². The Hall–Kier alpha value is 0.217. The van der Waals surface area contributed by atoms with Crippen LogP contribution in [-0.2, 0) is 8.85 Å². The third kappa shape index (κ3) is 10.3. The molecule has 0 bridgehead atoms. The van der Waals surface area contributed by atoms with Gasteiger partial charge >= 0.3 is 15.5 Å². The van der Waals surface area contributed by atoms with Crippen LogP contribution in [0.25, 0.3) is 0 Å². The maximum absolute atomic E-state index is 11.8. The summed E-state index contributed by atoms with van der Waals surface area (Å²) in [5.74, 6) is 0. The highest BCUT2D eigenvalue weighted by Crippen LogP contribution is 2.22. The summed E-state index contributed by atoms with van der Waals surface area (Å²) < 4.78 is 45.6. The normalized spacial score (nSPS) is 11.6. The molecule has 0 N–H and O–H groups in total. The highest BCUT2D eigenvalue weighted by molar-refractivity contribution is 6.44. The third-order valence-electron chi connectivity index (χ3n) is 1.37. The van der Waals surface area contributed by atoms with Crippen molar-refractivity contribution in [3.05, 3.63) is 0 Å². The molecule has 14 heavy (non-hydrogen) atoms. The zero-order valence-corrected chi connectivity index (χ0v) is 10.2. The van der Waals surface area contributed by atoms with E-state index in [1.165, 1.54) is 0 Å². The van der Waals surface area contributed by atoms with Gasteiger partial charge in [-0.25, -0.2) is 0 Å². The molecule has 0 aliphatic rings. The first-order valence-corrected chi connectivity index (χ1v) is 6.05. The summed E-state index contributed by atoms with van der Waals surface area (Å²) in [7, 11) is -2.05. The Labute approximate surface area is 90.0 Å². The van der Waals surface area contributed by atoms with Crippen LogP contribution in [0.2, 0.25) is 6.04 Å². The fourth-order valence-corrected chi connectivity index (χ4v) is 2.60. The molecule has 0 amide bonds. The van der Waals surface area contributed by atoms with E-state index in [0.717, 1.165) is 0 Å². The lowest BCUT2D eigenvalue weighted by Gasteiger charge is -2.15. The number of alkyl halides is 3. The molecule has 0 rings (SSSR count). The quantitative estimate of drug-likeness (QED) is 0.677. The summed E-state index contributed by atoms with van der Waals surface area (Å²) in [4.78, 5) is 0. The highest BCUT2D eigenvalue weighted by Gasteiger charge is 2.29. The van der Waals surface area contributed by atoms with E-state index in [4.69, 9.17) is 8.85 Å². The first kappa shape index (κ1) is 16.6.